The molecule has 2 rings (SSSR count). The predicted molar refractivity (Wildman–Crippen MR) is 75.8 cm³/mol. The van der Waals surface area contributed by atoms with Gasteiger partial charge >= 0.3 is 5.97 Å². The zero-order chi connectivity index (χ0) is 13.9. The number of carboxylic acid groups (broad SMARTS) is 1. The second-order valence-electron chi connectivity index (χ2n) is 4.97. The average molecular weight is 279 g/mol. The Kier molecular flexibility index (Phi) is 4.14. The highest BCUT2D eigenvalue weighted by Crippen LogP contribution is 2.36. The minimum Gasteiger partial charge on any atom is -0.478 e. The molecule has 1 aliphatic heterocycles. The quantitative estimate of drug-likeness (QED) is 0.888. The van der Waals surface area contributed by atoms with Crippen LogP contribution in [0, 0.1) is 0 Å². The number of amides is 1. The lowest BCUT2D eigenvalue weighted by Crippen LogP contribution is -2.36. The maximum Gasteiger partial charge on any atom is 0.335 e. The second-order valence-corrected chi connectivity index (χ2v) is 6.65. The van der Waals surface area contributed by atoms with Crippen LogP contribution in [0.3, 0.4) is 0 Å². The van der Waals surface area contributed by atoms with Gasteiger partial charge in [0.05, 0.1) is 5.56 Å². The third kappa shape index (κ3) is 3.50. The predicted octanol–water partition coefficient (Wildman–Crippen LogP) is 2.40. The number of benzene rings is 1. The molecule has 1 atom stereocenters. The SMILES string of the molecule is C[C@@]1(CNC(=O)c2ccc(C(=O)O)cc2)CCCS1. The van der Waals surface area contributed by atoms with Crippen LogP contribution < -0.4 is 5.32 Å². The molecule has 1 amide bonds. The first-order valence-corrected chi connectivity index (χ1v) is 7.24. The Morgan fingerprint density at radius 2 is 1.95 bits per heavy atom. The summed E-state index contributed by atoms with van der Waals surface area (Å²) in [6.45, 7) is 2.82. The smallest absolute Gasteiger partial charge is 0.335 e. The van der Waals surface area contributed by atoms with Crippen LogP contribution in [0.1, 0.15) is 40.5 Å². The molecule has 102 valence electrons. The summed E-state index contributed by atoms with van der Waals surface area (Å²) >= 11 is 1.90. The number of aromatic carboxylic acids is 1. The molecule has 1 saturated heterocycles. The summed E-state index contributed by atoms with van der Waals surface area (Å²) in [5, 5.41) is 11.7. The molecule has 0 radical (unpaired) electrons. The van der Waals surface area contributed by atoms with Crippen LogP contribution >= 0.6 is 11.8 Å². The van der Waals surface area contributed by atoms with Gasteiger partial charge < -0.3 is 10.4 Å². The van der Waals surface area contributed by atoms with Gasteiger partial charge in [-0.25, -0.2) is 4.79 Å². The fourth-order valence-electron chi connectivity index (χ4n) is 2.11. The maximum atomic E-state index is 12.0. The topological polar surface area (TPSA) is 66.4 Å². The standard InChI is InChI=1S/C14H17NO3S/c1-14(7-2-8-19-14)9-15-12(16)10-3-5-11(6-4-10)13(17)18/h3-6H,2,7-9H2,1H3,(H,15,16)(H,17,18)/t14-/m0/s1. The van der Waals surface area contributed by atoms with Crippen molar-refractivity contribution in [3.63, 3.8) is 0 Å². The van der Waals surface area contributed by atoms with Gasteiger partial charge in [-0.05, 0) is 49.8 Å². The summed E-state index contributed by atoms with van der Waals surface area (Å²) in [6, 6.07) is 5.98. The summed E-state index contributed by atoms with van der Waals surface area (Å²) in [6.07, 6.45) is 2.32. The molecule has 1 heterocycles. The molecule has 4 nitrogen and oxygen atoms in total. The molecule has 0 bridgehead atoms. The molecule has 5 heteroatoms. The van der Waals surface area contributed by atoms with Crippen LogP contribution in [-0.2, 0) is 0 Å². The fraction of sp³-hybridized carbons (Fsp3) is 0.429. The number of thioether (sulfide) groups is 1. The van der Waals surface area contributed by atoms with E-state index in [0.717, 1.165) is 12.2 Å². The maximum absolute atomic E-state index is 12.0. The molecule has 1 aliphatic rings. The van der Waals surface area contributed by atoms with Crippen LogP contribution in [0.4, 0.5) is 0 Å². The van der Waals surface area contributed by atoms with Crippen LogP contribution in [-0.4, -0.2) is 34.0 Å². The minimum atomic E-state index is -0.984. The van der Waals surface area contributed by atoms with Gasteiger partial charge in [-0.1, -0.05) is 0 Å². The van der Waals surface area contributed by atoms with E-state index in [-0.39, 0.29) is 16.2 Å². The van der Waals surface area contributed by atoms with Crippen molar-refractivity contribution in [2.75, 3.05) is 12.3 Å². The van der Waals surface area contributed by atoms with E-state index in [2.05, 4.69) is 12.2 Å². The molecule has 1 aromatic rings. The van der Waals surface area contributed by atoms with Crippen molar-refractivity contribution in [1.29, 1.82) is 0 Å². The number of carboxylic acids is 1. The number of carbonyl (C=O) groups is 2. The van der Waals surface area contributed by atoms with E-state index >= 15 is 0 Å². The van der Waals surface area contributed by atoms with E-state index in [4.69, 9.17) is 5.11 Å². The van der Waals surface area contributed by atoms with E-state index < -0.39 is 5.97 Å². The molecule has 2 N–H and O–H groups in total. The molecular weight excluding hydrogens is 262 g/mol. The molecule has 0 saturated carbocycles. The largest absolute Gasteiger partial charge is 0.478 e. The van der Waals surface area contributed by atoms with Gasteiger partial charge in [0.1, 0.15) is 0 Å². The first-order chi connectivity index (χ1) is 9.00. The monoisotopic (exact) mass is 279 g/mol. The third-order valence-electron chi connectivity index (χ3n) is 3.32. The molecule has 0 aromatic heterocycles. The Bertz CT molecular complexity index is 478. The van der Waals surface area contributed by atoms with E-state index in [0.29, 0.717) is 12.1 Å². The summed E-state index contributed by atoms with van der Waals surface area (Å²) in [5.41, 5.74) is 0.687. The molecule has 19 heavy (non-hydrogen) atoms. The molecule has 0 aliphatic carbocycles. The number of rotatable bonds is 4. The molecule has 1 aromatic carbocycles. The van der Waals surface area contributed by atoms with Crippen molar-refractivity contribution in [1.82, 2.24) is 5.32 Å². The van der Waals surface area contributed by atoms with Gasteiger partial charge in [0.15, 0.2) is 0 Å². The summed E-state index contributed by atoms with van der Waals surface area (Å²) in [4.78, 5) is 22.7. The van der Waals surface area contributed by atoms with Gasteiger partial charge in [-0.15, -0.1) is 0 Å². The Hall–Kier alpha value is -1.49. The van der Waals surface area contributed by atoms with E-state index in [1.165, 1.54) is 18.6 Å². The molecular formula is C14H17NO3S. The van der Waals surface area contributed by atoms with Crippen molar-refractivity contribution >= 4 is 23.6 Å². The van der Waals surface area contributed by atoms with Crippen LogP contribution in [0.5, 0.6) is 0 Å². The van der Waals surface area contributed by atoms with Gasteiger partial charge in [0, 0.05) is 16.9 Å². The second kappa shape index (κ2) is 5.65. The minimum absolute atomic E-state index is 0.136. The van der Waals surface area contributed by atoms with Crippen molar-refractivity contribution in [3.8, 4) is 0 Å². The fourth-order valence-corrected chi connectivity index (χ4v) is 3.35. The number of nitrogens with one attached hydrogen (secondary N) is 1. The van der Waals surface area contributed by atoms with Crippen molar-refractivity contribution in [2.45, 2.75) is 24.5 Å². The average Bonchev–Trinajstić information content (AvgIpc) is 2.83. The zero-order valence-corrected chi connectivity index (χ0v) is 11.6. The summed E-state index contributed by atoms with van der Waals surface area (Å²) in [7, 11) is 0. The highest BCUT2D eigenvalue weighted by atomic mass is 32.2. The van der Waals surface area contributed by atoms with E-state index in [9.17, 15) is 9.59 Å². The Balaban J connectivity index is 1.94. The Morgan fingerprint density at radius 3 is 2.47 bits per heavy atom. The zero-order valence-electron chi connectivity index (χ0n) is 10.8. The van der Waals surface area contributed by atoms with E-state index in [1.54, 1.807) is 12.1 Å². The van der Waals surface area contributed by atoms with Crippen LogP contribution in [0.15, 0.2) is 24.3 Å². The highest BCUT2D eigenvalue weighted by Gasteiger charge is 2.29. The van der Waals surface area contributed by atoms with Gasteiger partial charge in [-0.2, -0.15) is 11.8 Å². The third-order valence-corrected chi connectivity index (χ3v) is 4.86. The van der Waals surface area contributed by atoms with Crippen LogP contribution in [0.2, 0.25) is 0 Å². The first kappa shape index (κ1) is 13.9. The normalized spacial score (nSPS) is 22.2. The van der Waals surface area contributed by atoms with Crippen molar-refractivity contribution in [2.24, 2.45) is 0 Å². The number of hydrogen-bond acceptors (Lipinski definition) is 3. The summed E-state index contributed by atoms with van der Waals surface area (Å²) < 4.78 is 0.136. The van der Waals surface area contributed by atoms with Crippen LogP contribution in [0.25, 0.3) is 0 Å². The number of hydrogen-bond donors (Lipinski definition) is 2. The summed E-state index contributed by atoms with van der Waals surface area (Å²) in [5.74, 6) is 0.0205. The lowest BCUT2D eigenvalue weighted by molar-refractivity contribution is 0.0696. The number of carbonyl (C=O) groups excluding carboxylic acids is 1. The van der Waals surface area contributed by atoms with Gasteiger partial charge in [0.2, 0.25) is 0 Å². The van der Waals surface area contributed by atoms with E-state index in [1.807, 2.05) is 11.8 Å². The Morgan fingerprint density at radius 1 is 1.32 bits per heavy atom. The van der Waals surface area contributed by atoms with Gasteiger partial charge in [0.25, 0.3) is 5.91 Å². The molecule has 0 unspecified atom stereocenters. The highest BCUT2D eigenvalue weighted by molar-refractivity contribution is 8.00. The van der Waals surface area contributed by atoms with Gasteiger partial charge in [-0.3, -0.25) is 4.79 Å². The van der Waals surface area contributed by atoms with Crippen molar-refractivity contribution in [3.05, 3.63) is 35.4 Å². The van der Waals surface area contributed by atoms with Crippen molar-refractivity contribution < 1.29 is 14.7 Å². The molecule has 0 spiro atoms. The lowest BCUT2D eigenvalue weighted by atomic mass is 10.1. The lowest BCUT2D eigenvalue weighted by Gasteiger charge is -2.22. The molecule has 1 fully saturated rings. The first-order valence-electron chi connectivity index (χ1n) is 6.26. The Labute approximate surface area is 116 Å².